The van der Waals surface area contributed by atoms with Gasteiger partial charge in [-0.05, 0) is 32.9 Å². The second-order valence-corrected chi connectivity index (χ2v) is 3.90. The first-order valence-electron chi connectivity index (χ1n) is 5.29. The van der Waals surface area contributed by atoms with Crippen LogP contribution in [0.1, 0.15) is 19.1 Å². The summed E-state index contributed by atoms with van der Waals surface area (Å²) in [6, 6.07) is 3.61. The van der Waals surface area contributed by atoms with Gasteiger partial charge in [-0.25, -0.2) is 0 Å². The Kier molecular flexibility index (Phi) is 2.77. The molecule has 4 nitrogen and oxygen atoms in total. The van der Waals surface area contributed by atoms with E-state index in [0.717, 1.165) is 25.3 Å². The number of nitrogens with zero attached hydrogens (tertiary/aromatic N) is 1. The van der Waals surface area contributed by atoms with Crippen molar-refractivity contribution in [1.82, 2.24) is 5.32 Å². The van der Waals surface area contributed by atoms with Crippen molar-refractivity contribution in [3.05, 3.63) is 17.9 Å². The van der Waals surface area contributed by atoms with Crippen LogP contribution in [0.3, 0.4) is 0 Å². The topological polar surface area (TPSA) is 45.5 Å². The minimum Gasteiger partial charge on any atom is -0.445 e. The molecule has 1 aliphatic rings. The highest BCUT2D eigenvalue weighted by Crippen LogP contribution is 2.20. The van der Waals surface area contributed by atoms with Gasteiger partial charge < -0.3 is 9.73 Å². The molecule has 1 saturated heterocycles. The molecular formula is C11H16N2O2. The van der Waals surface area contributed by atoms with E-state index in [1.54, 1.807) is 4.90 Å². The predicted molar refractivity (Wildman–Crippen MR) is 57.9 cm³/mol. The molecule has 4 heteroatoms. The number of aryl methyl sites for hydroxylation is 1. The van der Waals surface area contributed by atoms with Gasteiger partial charge in [0.15, 0.2) is 0 Å². The van der Waals surface area contributed by atoms with Crippen LogP contribution in [0.2, 0.25) is 0 Å². The highest BCUT2D eigenvalue weighted by Gasteiger charge is 2.25. The molecule has 0 aliphatic carbocycles. The van der Waals surface area contributed by atoms with Gasteiger partial charge in [0.2, 0.25) is 11.8 Å². The monoisotopic (exact) mass is 208 g/mol. The second-order valence-electron chi connectivity index (χ2n) is 3.90. The summed E-state index contributed by atoms with van der Waals surface area (Å²) >= 11 is 0. The summed E-state index contributed by atoms with van der Waals surface area (Å²) in [5, 5.41) is 3.17. The van der Waals surface area contributed by atoms with Crippen LogP contribution in [0.5, 0.6) is 0 Å². The minimum atomic E-state index is -0.127. The van der Waals surface area contributed by atoms with E-state index in [-0.39, 0.29) is 11.9 Å². The number of amides is 1. The van der Waals surface area contributed by atoms with E-state index in [4.69, 9.17) is 4.42 Å². The molecular weight excluding hydrogens is 192 g/mol. The smallest absolute Gasteiger partial charge is 0.246 e. The van der Waals surface area contributed by atoms with Crippen molar-refractivity contribution in [2.75, 3.05) is 18.0 Å². The van der Waals surface area contributed by atoms with Crippen LogP contribution >= 0.6 is 0 Å². The fourth-order valence-electron chi connectivity index (χ4n) is 1.77. The van der Waals surface area contributed by atoms with Gasteiger partial charge >= 0.3 is 0 Å². The Labute approximate surface area is 89.2 Å². The zero-order chi connectivity index (χ0) is 10.8. The van der Waals surface area contributed by atoms with Crippen LogP contribution in [0.15, 0.2) is 16.5 Å². The number of furan rings is 1. The molecule has 1 aliphatic heterocycles. The maximum atomic E-state index is 12.0. The van der Waals surface area contributed by atoms with Crippen molar-refractivity contribution in [3.8, 4) is 0 Å². The maximum Gasteiger partial charge on any atom is 0.246 e. The third-order valence-corrected chi connectivity index (χ3v) is 2.64. The molecule has 1 aromatic heterocycles. The Hall–Kier alpha value is -1.29. The first-order valence-corrected chi connectivity index (χ1v) is 5.29. The molecule has 0 spiro atoms. The molecule has 0 aromatic carbocycles. The normalized spacial score (nSPS) is 22.9. The zero-order valence-electron chi connectivity index (χ0n) is 9.12. The van der Waals surface area contributed by atoms with Gasteiger partial charge in [0.05, 0.1) is 6.04 Å². The number of hydrogen-bond donors (Lipinski definition) is 1. The summed E-state index contributed by atoms with van der Waals surface area (Å²) in [6.45, 7) is 5.37. The second kappa shape index (κ2) is 4.06. The number of carbonyl (C=O) groups is 1. The minimum absolute atomic E-state index is 0.0850. The number of nitrogens with one attached hydrogen (secondary N) is 1. The van der Waals surface area contributed by atoms with Crippen molar-refractivity contribution < 1.29 is 9.21 Å². The number of hydrogen-bond acceptors (Lipinski definition) is 3. The maximum absolute atomic E-state index is 12.0. The lowest BCUT2D eigenvalue weighted by molar-refractivity contribution is -0.120. The van der Waals surface area contributed by atoms with Crippen LogP contribution in [0.4, 0.5) is 5.88 Å². The Balaban J connectivity index is 2.22. The zero-order valence-corrected chi connectivity index (χ0v) is 9.12. The average Bonchev–Trinajstić information content (AvgIpc) is 2.56. The van der Waals surface area contributed by atoms with Crippen molar-refractivity contribution in [1.29, 1.82) is 0 Å². The van der Waals surface area contributed by atoms with Crippen molar-refractivity contribution in [3.63, 3.8) is 0 Å². The summed E-state index contributed by atoms with van der Waals surface area (Å²) in [5.41, 5.74) is 0. The first-order chi connectivity index (χ1) is 7.18. The molecule has 15 heavy (non-hydrogen) atoms. The highest BCUT2D eigenvalue weighted by atomic mass is 16.4. The molecule has 1 atom stereocenters. The summed E-state index contributed by atoms with van der Waals surface area (Å²) in [4.78, 5) is 13.7. The van der Waals surface area contributed by atoms with Gasteiger partial charge in [0.1, 0.15) is 5.76 Å². The molecule has 1 N–H and O–H groups in total. The fourth-order valence-corrected chi connectivity index (χ4v) is 1.77. The quantitative estimate of drug-likeness (QED) is 0.756. The Morgan fingerprint density at radius 3 is 3.00 bits per heavy atom. The molecule has 1 amide bonds. The molecule has 2 rings (SSSR count). The van der Waals surface area contributed by atoms with Gasteiger partial charge in [-0.2, -0.15) is 0 Å². The largest absolute Gasteiger partial charge is 0.445 e. The fraction of sp³-hybridized carbons (Fsp3) is 0.545. The van der Waals surface area contributed by atoms with E-state index in [1.165, 1.54) is 0 Å². The molecule has 82 valence electrons. The first kappa shape index (κ1) is 10.2. The SMILES string of the molecule is Cc1ccc(N2CCCNC(C)C2=O)o1. The standard InChI is InChI=1S/C11H16N2O2/c1-8-4-5-10(15-8)13-7-3-6-12-9(2)11(13)14/h4-5,9,12H,3,6-7H2,1-2H3. The van der Waals surface area contributed by atoms with Crippen molar-refractivity contribution >= 4 is 11.8 Å². The Morgan fingerprint density at radius 1 is 1.53 bits per heavy atom. The number of rotatable bonds is 1. The summed E-state index contributed by atoms with van der Waals surface area (Å²) in [5.74, 6) is 1.58. The van der Waals surface area contributed by atoms with Gasteiger partial charge in [-0.3, -0.25) is 9.69 Å². The van der Waals surface area contributed by atoms with Crippen LogP contribution < -0.4 is 10.2 Å². The lowest BCUT2D eigenvalue weighted by atomic mass is 10.3. The lowest BCUT2D eigenvalue weighted by Gasteiger charge is -2.19. The van der Waals surface area contributed by atoms with E-state index >= 15 is 0 Å². The van der Waals surface area contributed by atoms with E-state index in [0.29, 0.717) is 5.88 Å². The van der Waals surface area contributed by atoms with E-state index < -0.39 is 0 Å². The predicted octanol–water partition coefficient (Wildman–Crippen LogP) is 1.30. The molecule has 0 saturated carbocycles. The number of carbonyl (C=O) groups excluding carboxylic acids is 1. The third-order valence-electron chi connectivity index (χ3n) is 2.64. The Morgan fingerprint density at radius 2 is 2.33 bits per heavy atom. The average molecular weight is 208 g/mol. The molecule has 1 unspecified atom stereocenters. The lowest BCUT2D eigenvalue weighted by Crippen LogP contribution is -2.41. The van der Waals surface area contributed by atoms with E-state index in [2.05, 4.69) is 5.32 Å². The molecule has 0 bridgehead atoms. The van der Waals surface area contributed by atoms with Crippen LogP contribution in [0, 0.1) is 6.92 Å². The van der Waals surface area contributed by atoms with Crippen LogP contribution in [0.25, 0.3) is 0 Å². The molecule has 1 aromatic rings. The Bertz CT molecular complexity index is 359. The van der Waals surface area contributed by atoms with E-state index in [9.17, 15) is 4.79 Å². The van der Waals surface area contributed by atoms with Gasteiger partial charge in [-0.1, -0.05) is 0 Å². The number of anilines is 1. The molecule has 0 radical (unpaired) electrons. The van der Waals surface area contributed by atoms with E-state index in [1.807, 2.05) is 26.0 Å². The summed E-state index contributed by atoms with van der Waals surface area (Å²) < 4.78 is 5.47. The van der Waals surface area contributed by atoms with Crippen molar-refractivity contribution in [2.45, 2.75) is 26.3 Å². The third kappa shape index (κ3) is 2.04. The van der Waals surface area contributed by atoms with Gasteiger partial charge in [0.25, 0.3) is 0 Å². The summed E-state index contributed by atoms with van der Waals surface area (Å²) in [6.07, 6.45) is 0.954. The van der Waals surface area contributed by atoms with Crippen molar-refractivity contribution in [2.24, 2.45) is 0 Å². The van der Waals surface area contributed by atoms with Gasteiger partial charge in [-0.15, -0.1) is 0 Å². The van der Waals surface area contributed by atoms with Crippen LogP contribution in [-0.2, 0) is 4.79 Å². The van der Waals surface area contributed by atoms with Crippen LogP contribution in [-0.4, -0.2) is 25.0 Å². The molecule has 2 heterocycles. The molecule has 1 fully saturated rings. The van der Waals surface area contributed by atoms with Gasteiger partial charge in [0, 0.05) is 12.6 Å². The summed E-state index contributed by atoms with van der Waals surface area (Å²) in [7, 11) is 0. The highest BCUT2D eigenvalue weighted by molar-refractivity contribution is 5.96.